The lowest BCUT2D eigenvalue weighted by molar-refractivity contribution is -0.127. The molecule has 2 N–H and O–H groups in total. The molecule has 0 saturated carbocycles. The number of hydrogen-bond donors (Lipinski definition) is 3. The summed E-state index contributed by atoms with van der Waals surface area (Å²) in [5.74, 6) is -0.445. The number of carbonyl (C=O) groups excluding carboxylic acids is 2. The van der Waals surface area contributed by atoms with Crippen LogP contribution in [-0.4, -0.2) is 23.7 Å². The first-order chi connectivity index (χ1) is 5.93. The zero-order chi connectivity index (χ0) is 10.4. The van der Waals surface area contributed by atoms with Crippen LogP contribution in [0.5, 0.6) is 0 Å². The van der Waals surface area contributed by atoms with Crippen molar-refractivity contribution < 1.29 is 9.59 Å². The van der Waals surface area contributed by atoms with Gasteiger partial charge in [-0.2, -0.15) is 12.6 Å². The minimum absolute atomic E-state index is 0.0158. The molecule has 1 unspecified atom stereocenters. The highest BCUT2D eigenvalue weighted by atomic mass is 32.1. The van der Waals surface area contributed by atoms with Crippen molar-refractivity contribution >= 4 is 24.4 Å². The van der Waals surface area contributed by atoms with Crippen LogP contribution < -0.4 is 10.6 Å². The normalized spacial score (nSPS) is 12.4. The van der Waals surface area contributed by atoms with Crippen LogP contribution in [0.25, 0.3) is 0 Å². The summed E-state index contributed by atoms with van der Waals surface area (Å²) in [7, 11) is 0. The molecule has 0 aliphatic carbocycles. The van der Waals surface area contributed by atoms with E-state index in [1.54, 1.807) is 20.8 Å². The Bertz CT molecular complexity index is 193. The summed E-state index contributed by atoms with van der Waals surface area (Å²) in [4.78, 5) is 22.0. The molecular formula is C8H16N2O2S. The van der Waals surface area contributed by atoms with Crippen LogP contribution in [0.3, 0.4) is 0 Å². The van der Waals surface area contributed by atoms with E-state index in [0.717, 1.165) is 0 Å². The van der Waals surface area contributed by atoms with Crippen LogP contribution in [0.15, 0.2) is 0 Å². The van der Waals surface area contributed by atoms with Crippen molar-refractivity contribution in [2.75, 3.05) is 6.54 Å². The van der Waals surface area contributed by atoms with Gasteiger partial charge < -0.3 is 10.6 Å². The van der Waals surface area contributed by atoms with Crippen LogP contribution in [0.4, 0.5) is 0 Å². The molecule has 0 aromatic carbocycles. The third-order valence-corrected chi connectivity index (χ3v) is 1.45. The molecule has 0 bridgehead atoms. The molecule has 0 heterocycles. The molecule has 0 spiro atoms. The molecule has 0 aromatic heterocycles. The van der Waals surface area contributed by atoms with E-state index in [0.29, 0.717) is 0 Å². The monoisotopic (exact) mass is 204 g/mol. The average molecular weight is 204 g/mol. The van der Waals surface area contributed by atoms with Crippen molar-refractivity contribution in [2.24, 2.45) is 5.92 Å². The fourth-order valence-corrected chi connectivity index (χ4v) is 0.800. The minimum Gasteiger partial charge on any atom is -0.347 e. The van der Waals surface area contributed by atoms with E-state index in [1.165, 1.54) is 0 Å². The first-order valence-corrected chi connectivity index (χ1v) is 4.70. The molecule has 0 aromatic rings. The van der Waals surface area contributed by atoms with Gasteiger partial charge in [0.1, 0.15) is 0 Å². The summed E-state index contributed by atoms with van der Waals surface area (Å²) in [6.45, 7) is 5.30. The van der Waals surface area contributed by atoms with Crippen LogP contribution >= 0.6 is 12.6 Å². The Balaban J connectivity index is 3.64. The first kappa shape index (κ1) is 12.3. The van der Waals surface area contributed by atoms with E-state index in [1.807, 2.05) is 0 Å². The Morgan fingerprint density at radius 3 is 2.23 bits per heavy atom. The second-order valence-electron chi connectivity index (χ2n) is 3.12. The minimum atomic E-state index is -0.225. The topological polar surface area (TPSA) is 58.2 Å². The van der Waals surface area contributed by atoms with Crippen molar-refractivity contribution in [1.29, 1.82) is 0 Å². The Labute approximate surface area is 83.9 Å². The van der Waals surface area contributed by atoms with Gasteiger partial charge in [-0.3, -0.25) is 9.59 Å². The fraction of sp³-hybridized carbons (Fsp3) is 0.750. The molecule has 2 amide bonds. The molecule has 0 aliphatic heterocycles. The smallest absolute Gasteiger partial charge is 0.240 e. The van der Waals surface area contributed by atoms with E-state index in [4.69, 9.17) is 0 Å². The maximum absolute atomic E-state index is 11.0. The van der Waals surface area contributed by atoms with Crippen LogP contribution in [0.2, 0.25) is 0 Å². The van der Waals surface area contributed by atoms with Gasteiger partial charge in [-0.1, -0.05) is 13.8 Å². The second kappa shape index (κ2) is 5.85. The predicted octanol–water partition coefficient (Wildman–Crippen LogP) is 0.151. The zero-order valence-corrected chi connectivity index (χ0v) is 9.02. The van der Waals surface area contributed by atoms with Gasteiger partial charge in [0.15, 0.2) is 0 Å². The second-order valence-corrected chi connectivity index (χ2v) is 3.89. The molecular weight excluding hydrogens is 188 g/mol. The van der Waals surface area contributed by atoms with Gasteiger partial charge in [-0.05, 0) is 6.92 Å². The van der Waals surface area contributed by atoms with Gasteiger partial charge in [-0.25, -0.2) is 0 Å². The number of nitrogens with one attached hydrogen (secondary N) is 2. The average Bonchev–Trinajstić information content (AvgIpc) is 1.98. The summed E-state index contributed by atoms with van der Waals surface area (Å²) in [5, 5.41) is 4.86. The van der Waals surface area contributed by atoms with Crippen LogP contribution in [0.1, 0.15) is 20.8 Å². The van der Waals surface area contributed by atoms with Gasteiger partial charge in [0, 0.05) is 5.92 Å². The number of hydrogen-bond acceptors (Lipinski definition) is 3. The largest absolute Gasteiger partial charge is 0.347 e. The van der Waals surface area contributed by atoms with Crippen molar-refractivity contribution in [3.05, 3.63) is 0 Å². The quantitative estimate of drug-likeness (QED) is 0.451. The lowest BCUT2D eigenvalue weighted by Gasteiger charge is -2.09. The molecule has 76 valence electrons. The van der Waals surface area contributed by atoms with Crippen molar-refractivity contribution in [3.8, 4) is 0 Å². The Hall–Kier alpha value is -0.710. The third-order valence-electron chi connectivity index (χ3n) is 1.32. The molecule has 0 radical (unpaired) electrons. The number of rotatable bonds is 4. The molecule has 1 atom stereocenters. The Kier molecular flexibility index (Phi) is 5.53. The van der Waals surface area contributed by atoms with Gasteiger partial charge in [0.2, 0.25) is 11.8 Å². The maximum Gasteiger partial charge on any atom is 0.240 e. The van der Waals surface area contributed by atoms with Crippen molar-refractivity contribution in [3.63, 3.8) is 0 Å². The molecule has 5 heteroatoms. The summed E-state index contributed by atoms with van der Waals surface area (Å²) < 4.78 is 0. The van der Waals surface area contributed by atoms with Gasteiger partial charge in [0.05, 0.1) is 11.9 Å². The molecule has 4 nitrogen and oxygen atoms in total. The van der Waals surface area contributed by atoms with Crippen LogP contribution in [0, 0.1) is 5.92 Å². The SMILES string of the molecule is CC(S)NC(=O)CNC(=O)C(C)C. The Morgan fingerprint density at radius 1 is 1.31 bits per heavy atom. The summed E-state index contributed by atoms with van der Waals surface area (Å²) >= 11 is 3.98. The summed E-state index contributed by atoms with van der Waals surface area (Å²) in [6, 6.07) is 0. The van der Waals surface area contributed by atoms with E-state index in [-0.39, 0.29) is 29.7 Å². The van der Waals surface area contributed by atoms with Gasteiger partial charge >= 0.3 is 0 Å². The molecule has 13 heavy (non-hydrogen) atoms. The molecule has 0 saturated heterocycles. The van der Waals surface area contributed by atoms with Gasteiger partial charge in [-0.15, -0.1) is 0 Å². The first-order valence-electron chi connectivity index (χ1n) is 4.18. The lowest BCUT2D eigenvalue weighted by atomic mass is 10.2. The molecule has 0 fully saturated rings. The maximum atomic E-state index is 11.0. The van der Waals surface area contributed by atoms with E-state index < -0.39 is 0 Å². The predicted molar refractivity (Wildman–Crippen MR) is 54.4 cm³/mol. The highest BCUT2D eigenvalue weighted by Gasteiger charge is 2.08. The molecule has 0 aliphatic rings. The third kappa shape index (κ3) is 6.45. The number of amides is 2. The highest BCUT2D eigenvalue weighted by Crippen LogP contribution is 1.90. The summed E-state index contributed by atoms with van der Waals surface area (Å²) in [6.07, 6.45) is 0. The lowest BCUT2D eigenvalue weighted by Crippen LogP contribution is -2.40. The van der Waals surface area contributed by atoms with Crippen molar-refractivity contribution in [1.82, 2.24) is 10.6 Å². The van der Waals surface area contributed by atoms with E-state index >= 15 is 0 Å². The summed E-state index contributed by atoms with van der Waals surface area (Å²) in [5.41, 5.74) is 0. The number of carbonyl (C=O) groups is 2. The molecule has 0 rings (SSSR count). The zero-order valence-electron chi connectivity index (χ0n) is 8.13. The van der Waals surface area contributed by atoms with Crippen molar-refractivity contribution in [2.45, 2.75) is 26.1 Å². The highest BCUT2D eigenvalue weighted by molar-refractivity contribution is 7.80. The fourth-order valence-electron chi connectivity index (χ4n) is 0.656. The van der Waals surface area contributed by atoms with Gasteiger partial charge in [0.25, 0.3) is 0 Å². The number of thiol groups is 1. The Morgan fingerprint density at radius 2 is 1.85 bits per heavy atom. The van der Waals surface area contributed by atoms with E-state index in [9.17, 15) is 9.59 Å². The van der Waals surface area contributed by atoms with E-state index in [2.05, 4.69) is 23.3 Å². The van der Waals surface area contributed by atoms with Crippen LogP contribution in [-0.2, 0) is 9.59 Å². The standard InChI is InChI=1S/C8H16N2O2S/c1-5(2)8(12)9-4-7(11)10-6(3)13/h5-6,13H,4H2,1-3H3,(H,9,12)(H,10,11).